The van der Waals surface area contributed by atoms with Gasteiger partial charge in [0.2, 0.25) is 10.0 Å². The molecular weight excluding hydrogens is 284 g/mol. The van der Waals surface area contributed by atoms with Gasteiger partial charge in [-0.25, -0.2) is 17.9 Å². The quantitative estimate of drug-likeness (QED) is 0.663. The lowest BCUT2D eigenvalue weighted by molar-refractivity contribution is 0.516. The molecule has 9 heteroatoms. The van der Waals surface area contributed by atoms with Crippen LogP contribution in [-0.2, 0) is 24.1 Å². The van der Waals surface area contributed by atoms with Gasteiger partial charge < -0.3 is 10.3 Å². The Balaban J connectivity index is 3.30. The van der Waals surface area contributed by atoms with Crippen molar-refractivity contribution in [3.63, 3.8) is 0 Å². The van der Waals surface area contributed by atoms with Crippen molar-refractivity contribution in [2.75, 3.05) is 6.54 Å². The number of nitrogens with two attached hydrogens (primary N) is 1. The molecular formula is C11H20N4O4S. The van der Waals surface area contributed by atoms with E-state index in [9.17, 15) is 18.0 Å². The molecule has 20 heavy (non-hydrogen) atoms. The van der Waals surface area contributed by atoms with Gasteiger partial charge in [0.25, 0.3) is 5.56 Å². The van der Waals surface area contributed by atoms with E-state index in [1.54, 1.807) is 0 Å². The van der Waals surface area contributed by atoms with Crippen molar-refractivity contribution in [2.24, 2.45) is 19.8 Å². The van der Waals surface area contributed by atoms with Crippen molar-refractivity contribution in [3.8, 4) is 0 Å². The van der Waals surface area contributed by atoms with Crippen molar-refractivity contribution in [3.05, 3.63) is 27.0 Å². The van der Waals surface area contributed by atoms with Crippen LogP contribution in [0.15, 0.2) is 20.7 Å². The van der Waals surface area contributed by atoms with Crippen LogP contribution < -0.4 is 21.7 Å². The maximum atomic E-state index is 12.2. The maximum Gasteiger partial charge on any atom is 0.330 e. The summed E-state index contributed by atoms with van der Waals surface area (Å²) in [7, 11) is -1.36. The zero-order valence-corrected chi connectivity index (χ0v) is 12.6. The van der Waals surface area contributed by atoms with E-state index in [1.807, 2.05) is 6.92 Å². The van der Waals surface area contributed by atoms with Gasteiger partial charge >= 0.3 is 5.69 Å². The summed E-state index contributed by atoms with van der Waals surface area (Å²) in [5.74, 6) is 0. The molecule has 8 nitrogen and oxygen atoms in total. The Morgan fingerprint density at radius 1 is 1.35 bits per heavy atom. The minimum atomic E-state index is -3.98. The number of nitrogens with zero attached hydrogens (tertiary/aromatic N) is 2. The molecule has 1 rings (SSSR count). The molecule has 0 saturated heterocycles. The molecule has 1 aromatic heterocycles. The van der Waals surface area contributed by atoms with Crippen LogP contribution in [0.3, 0.4) is 0 Å². The first-order chi connectivity index (χ1) is 9.24. The van der Waals surface area contributed by atoms with Crippen LogP contribution in [0.4, 0.5) is 0 Å². The lowest BCUT2D eigenvalue weighted by Gasteiger charge is -2.16. The molecule has 0 fully saturated rings. The van der Waals surface area contributed by atoms with E-state index in [-0.39, 0.29) is 6.04 Å². The average molecular weight is 304 g/mol. The molecule has 0 amide bonds. The van der Waals surface area contributed by atoms with Crippen LogP contribution in [0.1, 0.15) is 19.8 Å². The molecule has 0 spiro atoms. The fourth-order valence-corrected chi connectivity index (χ4v) is 3.30. The Morgan fingerprint density at radius 2 is 1.95 bits per heavy atom. The largest absolute Gasteiger partial charge is 0.330 e. The molecule has 1 aromatic rings. The molecule has 0 aliphatic carbocycles. The standard InChI is InChI=1S/C11H20N4O4S/c1-4-8(5-6-12)13-20(18,19)9-7-14(2)11(17)15(3)10(9)16/h7-8,13H,4-6,12H2,1-3H3. The lowest BCUT2D eigenvalue weighted by atomic mass is 10.2. The highest BCUT2D eigenvalue weighted by molar-refractivity contribution is 7.89. The number of hydrogen-bond acceptors (Lipinski definition) is 5. The number of hydrogen-bond donors (Lipinski definition) is 2. The minimum Gasteiger partial charge on any atom is -0.330 e. The first-order valence-electron chi connectivity index (χ1n) is 6.23. The fraction of sp³-hybridized carbons (Fsp3) is 0.636. The monoisotopic (exact) mass is 304 g/mol. The van der Waals surface area contributed by atoms with E-state index in [0.717, 1.165) is 15.3 Å². The van der Waals surface area contributed by atoms with Gasteiger partial charge in [-0.2, -0.15) is 0 Å². The summed E-state index contributed by atoms with van der Waals surface area (Å²) in [6, 6.07) is -0.341. The summed E-state index contributed by atoms with van der Waals surface area (Å²) in [5, 5.41) is 0. The van der Waals surface area contributed by atoms with Gasteiger partial charge in [0.05, 0.1) is 0 Å². The van der Waals surface area contributed by atoms with Gasteiger partial charge in [0.15, 0.2) is 4.90 Å². The first-order valence-corrected chi connectivity index (χ1v) is 7.72. The SMILES string of the molecule is CCC(CCN)NS(=O)(=O)c1cn(C)c(=O)n(C)c1=O. The molecule has 0 bridgehead atoms. The van der Waals surface area contributed by atoms with E-state index in [4.69, 9.17) is 5.73 Å². The lowest BCUT2D eigenvalue weighted by Crippen LogP contribution is -2.43. The predicted octanol–water partition coefficient (Wildman–Crippen LogP) is -1.51. The third kappa shape index (κ3) is 3.35. The van der Waals surface area contributed by atoms with Gasteiger partial charge in [-0.1, -0.05) is 6.92 Å². The molecule has 0 saturated carbocycles. The Hall–Kier alpha value is -1.45. The van der Waals surface area contributed by atoms with Crippen molar-refractivity contribution < 1.29 is 8.42 Å². The third-order valence-electron chi connectivity index (χ3n) is 3.03. The van der Waals surface area contributed by atoms with Gasteiger partial charge in [-0.05, 0) is 19.4 Å². The highest BCUT2D eigenvalue weighted by atomic mass is 32.2. The molecule has 0 radical (unpaired) electrons. The van der Waals surface area contributed by atoms with Crippen LogP contribution >= 0.6 is 0 Å². The van der Waals surface area contributed by atoms with Crippen molar-refractivity contribution in [2.45, 2.75) is 30.7 Å². The number of rotatable bonds is 6. The van der Waals surface area contributed by atoms with Gasteiger partial charge in [-0.15, -0.1) is 0 Å². The smallest absolute Gasteiger partial charge is 0.330 e. The summed E-state index contributed by atoms with van der Waals surface area (Å²) in [6.07, 6.45) is 2.06. The molecule has 0 aliphatic heterocycles. The van der Waals surface area contributed by atoms with E-state index in [0.29, 0.717) is 19.4 Å². The molecule has 1 heterocycles. The number of aryl methyl sites for hydroxylation is 1. The summed E-state index contributed by atoms with van der Waals surface area (Å²) >= 11 is 0. The van der Waals surface area contributed by atoms with E-state index < -0.39 is 26.2 Å². The molecule has 0 aliphatic rings. The first kappa shape index (κ1) is 16.6. The molecule has 0 aromatic carbocycles. The normalized spacial score (nSPS) is 13.4. The zero-order valence-electron chi connectivity index (χ0n) is 11.8. The van der Waals surface area contributed by atoms with Crippen LogP contribution in [0.5, 0.6) is 0 Å². The zero-order chi connectivity index (χ0) is 15.5. The maximum absolute atomic E-state index is 12.2. The van der Waals surface area contributed by atoms with Gasteiger partial charge in [0.1, 0.15) is 0 Å². The summed E-state index contributed by atoms with van der Waals surface area (Å²) in [4.78, 5) is 23.0. The Labute approximate surface area is 117 Å². The second-order valence-corrected chi connectivity index (χ2v) is 6.24. The van der Waals surface area contributed by atoms with E-state index in [2.05, 4.69) is 4.72 Å². The van der Waals surface area contributed by atoms with Gasteiger partial charge in [-0.3, -0.25) is 9.36 Å². The highest BCUT2D eigenvalue weighted by Crippen LogP contribution is 2.05. The third-order valence-corrected chi connectivity index (χ3v) is 4.54. The van der Waals surface area contributed by atoms with Crippen LogP contribution in [0.2, 0.25) is 0 Å². The molecule has 1 atom stereocenters. The van der Waals surface area contributed by atoms with Gasteiger partial charge in [0, 0.05) is 26.3 Å². The second-order valence-electron chi connectivity index (χ2n) is 4.55. The summed E-state index contributed by atoms with van der Waals surface area (Å²) in [5.41, 5.74) is 3.99. The molecule has 1 unspecified atom stereocenters. The highest BCUT2D eigenvalue weighted by Gasteiger charge is 2.23. The topological polar surface area (TPSA) is 116 Å². The number of nitrogens with one attached hydrogen (secondary N) is 1. The number of aromatic nitrogens is 2. The second kappa shape index (κ2) is 6.33. The summed E-state index contributed by atoms with van der Waals surface area (Å²) in [6.45, 7) is 2.16. The minimum absolute atomic E-state index is 0.340. The van der Waals surface area contributed by atoms with Crippen molar-refractivity contribution >= 4 is 10.0 Å². The molecule has 114 valence electrons. The average Bonchev–Trinajstić information content (AvgIpc) is 2.39. The van der Waals surface area contributed by atoms with Crippen LogP contribution in [0.25, 0.3) is 0 Å². The van der Waals surface area contributed by atoms with E-state index >= 15 is 0 Å². The Bertz CT molecular complexity index is 689. The van der Waals surface area contributed by atoms with Crippen LogP contribution in [0, 0.1) is 0 Å². The number of sulfonamides is 1. The van der Waals surface area contributed by atoms with Crippen molar-refractivity contribution in [1.29, 1.82) is 0 Å². The summed E-state index contributed by atoms with van der Waals surface area (Å²) < 4.78 is 28.7. The molecule has 3 N–H and O–H groups in total. The Morgan fingerprint density at radius 3 is 2.45 bits per heavy atom. The Kier molecular flexibility index (Phi) is 5.26. The fourth-order valence-electron chi connectivity index (χ4n) is 1.79. The van der Waals surface area contributed by atoms with Crippen molar-refractivity contribution in [1.82, 2.24) is 13.9 Å². The van der Waals surface area contributed by atoms with Crippen LogP contribution in [-0.4, -0.2) is 30.1 Å². The predicted molar refractivity (Wildman–Crippen MR) is 75.0 cm³/mol. The van der Waals surface area contributed by atoms with E-state index in [1.165, 1.54) is 14.1 Å².